The Morgan fingerprint density at radius 2 is 0.947 bits per heavy atom. The highest BCUT2D eigenvalue weighted by Gasteiger charge is 2.11. The van der Waals surface area contributed by atoms with Gasteiger partial charge in [0.25, 0.3) is 0 Å². The van der Waals surface area contributed by atoms with Crippen LogP contribution >= 0.6 is 11.8 Å². The zero-order valence-electron chi connectivity index (χ0n) is 9.80. The molecule has 2 aromatic rings. The van der Waals surface area contributed by atoms with Gasteiger partial charge in [-0.15, -0.1) is 0 Å². The van der Waals surface area contributed by atoms with Crippen molar-refractivity contribution in [3.63, 3.8) is 0 Å². The lowest BCUT2D eigenvalue weighted by Crippen LogP contribution is -1.96. The summed E-state index contributed by atoms with van der Waals surface area (Å²) in [5.74, 6) is -2.57. The van der Waals surface area contributed by atoms with E-state index in [-0.39, 0.29) is 22.6 Å². The summed E-state index contributed by atoms with van der Waals surface area (Å²) >= 11 is 1.06. The van der Waals surface area contributed by atoms with Crippen molar-refractivity contribution < 1.29 is 17.6 Å². The van der Waals surface area contributed by atoms with E-state index in [9.17, 15) is 17.6 Å². The van der Waals surface area contributed by atoms with Crippen LogP contribution in [0.1, 0.15) is 11.1 Å². The number of hydrogen-bond donors (Lipinski definition) is 0. The van der Waals surface area contributed by atoms with Crippen molar-refractivity contribution in [2.75, 3.05) is 0 Å². The fourth-order valence-electron chi connectivity index (χ4n) is 1.60. The van der Waals surface area contributed by atoms with Gasteiger partial charge in [0, 0.05) is 22.6 Å². The summed E-state index contributed by atoms with van der Waals surface area (Å²) in [5, 5.41) is 0. The summed E-state index contributed by atoms with van der Waals surface area (Å²) in [6, 6.07) is 7.17. The van der Waals surface area contributed by atoms with Gasteiger partial charge in [0.05, 0.1) is 0 Å². The molecule has 0 nitrogen and oxygen atoms in total. The predicted molar refractivity (Wildman–Crippen MR) is 67.7 cm³/mol. The highest BCUT2D eigenvalue weighted by atomic mass is 32.2. The molecule has 0 aliphatic heterocycles. The van der Waals surface area contributed by atoms with E-state index >= 15 is 0 Å². The molecule has 0 aliphatic rings. The molecule has 0 atom stereocenters. The molecule has 0 fully saturated rings. The molecule has 0 amide bonds. The SMILES string of the molecule is Fc1cccc(F)c1CSCc1c(F)cccc1F. The van der Waals surface area contributed by atoms with Crippen LogP contribution in [-0.4, -0.2) is 0 Å². The monoisotopic (exact) mass is 286 g/mol. The Morgan fingerprint density at radius 1 is 0.632 bits per heavy atom. The lowest BCUT2D eigenvalue weighted by atomic mass is 10.2. The Morgan fingerprint density at radius 3 is 1.26 bits per heavy atom. The molecule has 5 heteroatoms. The van der Waals surface area contributed by atoms with Crippen molar-refractivity contribution in [1.29, 1.82) is 0 Å². The summed E-state index contributed by atoms with van der Waals surface area (Å²) in [6.07, 6.45) is 0. The topological polar surface area (TPSA) is 0 Å². The third-order valence-corrected chi connectivity index (χ3v) is 3.60. The fraction of sp³-hybridized carbons (Fsp3) is 0.143. The van der Waals surface area contributed by atoms with Crippen LogP contribution in [0.5, 0.6) is 0 Å². The van der Waals surface area contributed by atoms with Gasteiger partial charge in [-0.3, -0.25) is 0 Å². The number of thioether (sulfide) groups is 1. The molecule has 0 saturated heterocycles. The molecule has 0 radical (unpaired) electrons. The van der Waals surface area contributed by atoms with E-state index in [1.807, 2.05) is 0 Å². The first-order chi connectivity index (χ1) is 9.09. The van der Waals surface area contributed by atoms with E-state index in [2.05, 4.69) is 0 Å². The molecule has 0 spiro atoms. The van der Waals surface area contributed by atoms with Crippen molar-refractivity contribution in [3.05, 3.63) is 70.8 Å². The zero-order chi connectivity index (χ0) is 13.8. The second kappa shape index (κ2) is 6.10. The first-order valence-electron chi connectivity index (χ1n) is 5.53. The zero-order valence-corrected chi connectivity index (χ0v) is 10.6. The summed E-state index contributed by atoms with van der Waals surface area (Å²) in [4.78, 5) is 0. The lowest BCUT2D eigenvalue weighted by Gasteiger charge is -2.06. The van der Waals surface area contributed by atoms with E-state index in [0.29, 0.717) is 0 Å². The van der Waals surface area contributed by atoms with Crippen molar-refractivity contribution >= 4 is 11.8 Å². The molecule has 0 unspecified atom stereocenters. The molecule has 0 aliphatic carbocycles. The number of hydrogen-bond acceptors (Lipinski definition) is 1. The maximum atomic E-state index is 13.3. The van der Waals surface area contributed by atoms with Gasteiger partial charge in [-0.05, 0) is 24.3 Å². The predicted octanol–water partition coefficient (Wildman–Crippen LogP) is 4.68. The molecule has 0 saturated carbocycles. The second-order valence-corrected chi connectivity index (χ2v) is 4.88. The van der Waals surface area contributed by atoms with E-state index in [4.69, 9.17) is 0 Å². The number of halogens is 4. The normalized spacial score (nSPS) is 10.7. The molecule has 0 aromatic heterocycles. The van der Waals surface area contributed by atoms with Crippen molar-refractivity contribution in [3.8, 4) is 0 Å². The highest BCUT2D eigenvalue weighted by Crippen LogP contribution is 2.24. The Kier molecular flexibility index (Phi) is 4.47. The van der Waals surface area contributed by atoms with Crippen molar-refractivity contribution in [1.82, 2.24) is 0 Å². The molecule has 0 N–H and O–H groups in total. The molecular weight excluding hydrogens is 276 g/mol. The quantitative estimate of drug-likeness (QED) is 0.736. The van der Waals surface area contributed by atoms with Crippen LogP contribution in [0.4, 0.5) is 17.6 Å². The summed E-state index contributed by atoms with van der Waals surface area (Å²) in [6.45, 7) is 0. The Bertz CT molecular complexity index is 492. The standard InChI is InChI=1S/C14H10F4S/c15-11-3-1-4-12(16)9(11)7-19-8-10-13(17)5-2-6-14(10)18/h1-6H,7-8H2. The molecule has 2 aromatic carbocycles. The molecule has 19 heavy (non-hydrogen) atoms. The lowest BCUT2D eigenvalue weighted by molar-refractivity contribution is 0.565. The first kappa shape index (κ1) is 13.9. The third-order valence-electron chi connectivity index (χ3n) is 2.62. The highest BCUT2D eigenvalue weighted by molar-refractivity contribution is 7.97. The van der Waals surface area contributed by atoms with Gasteiger partial charge in [0.2, 0.25) is 0 Å². The summed E-state index contributed by atoms with van der Waals surface area (Å²) in [7, 11) is 0. The molecular formula is C14H10F4S. The minimum Gasteiger partial charge on any atom is -0.207 e. The Hall–Kier alpha value is -1.49. The summed E-state index contributed by atoms with van der Waals surface area (Å²) < 4.78 is 53.3. The van der Waals surface area contributed by atoms with E-state index < -0.39 is 23.3 Å². The van der Waals surface area contributed by atoms with Crippen LogP contribution in [0.15, 0.2) is 36.4 Å². The maximum Gasteiger partial charge on any atom is 0.130 e. The minimum absolute atomic E-state index is 0.0201. The first-order valence-corrected chi connectivity index (χ1v) is 6.68. The van der Waals surface area contributed by atoms with Crippen LogP contribution in [0.3, 0.4) is 0 Å². The average Bonchev–Trinajstić information content (AvgIpc) is 2.36. The molecule has 0 bridgehead atoms. The Labute approximate surface area is 112 Å². The van der Waals surface area contributed by atoms with Gasteiger partial charge in [0.1, 0.15) is 23.3 Å². The minimum atomic E-state index is -0.651. The van der Waals surface area contributed by atoms with Gasteiger partial charge in [-0.1, -0.05) is 12.1 Å². The average molecular weight is 286 g/mol. The largest absolute Gasteiger partial charge is 0.207 e. The van der Waals surface area contributed by atoms with Crippen LogP contribution in [-0.2, 0) is 11.5 Å². The van der Waals surface area contributed by atoms with Gasteiger partial charge < -0.3 is 0 Å². The third kappa shape index (κ3) is 3.29. The van der Waals surface area contributed by atoms with Gasteiger partial charge in [0.15, 0.2) is 0 Å². The van der Waals surface area contributed by atoms with Gasteiger partial charge in [-0.2, -0.15) is 11.8 Å². The smallest absolute Gasteiger partial charge is 0.130 e. The van der Waals surface area contributed by atoms with E-state index in [1.165, 1.54) is 12.1 Å². The summed E-state index contributed by atoms with van der Waals surface area (Å²) in [5.41, 5.74) is -0.159. The second-order valence-electron chi connectivity index (χ2n) is 3.89. The number of rotatable bonds is 4. The van der Waals surface area contributed by atoms with Crippen LogP contribution < -0.4 is 0 Å². The molecule has 100 valence electrons. The molecule has 0 heterocycles. The maximum absolute atomic E-state index is 13.3. The van der Waals surface area contributed by atoms with Crippen molar-refractivity contribution in [2.45, 2.75) is 11.5 Å². The van der Waals surface area contributed by atoms with Crippen molar-refractivity contribution in [2.24, 2.45) is 0 Å². The number of benzene rings is 2. The van der Waals surface area contributed by atoms with E-state index in [0.717, 1.165) is 36.0 Å². The fourth-order valence-corrected chi connectivity index (χ4v) is 2.66. The van der Waals surface area contributed by atoms with Crippen LogP contribution in [0, 0.1) is 23.3 Å². The van der Waals surface area contributed by atoms with E-state index in [1.54, 1.807) is 0 Å². The van der Waals surface area contributed by atoms with Gasteiger partial charge >= 0.3 is 0 Å². The van der Waals surface area contributed by atoms with Gasteiger partial charge in [-0.25, -0.2) is 17.6 Å². The Balaban J connectivity index is 2.05. The van der Waals surface area contributed by atoms with Crippen LogP contribution in [0.25, 0.3) is 0 Å². The molecule has 2 rings (SSSR count). The van der Waals surface area contributed by atoms with Crippen LogP contribution in [0.2, 0.25) is 0 Å².